The number of hydrogen-bond donors (Lipinski definition) is 5. The summed E-state index contributed by atoms with van der Waals surface area (Å²) in [7, 11) is 0. The van der Waals surface area contributed by atoms with Gasteiger partial charge < -0.3 is 26.7 Å². The zero-order valence-corrected chi connectivity index (χ0v) is 17.1. The number of nitrogens with one attached hydrogen (secondary N) is 5. The third-order valence-electron chi connectivity index (χ3n) is 4.79. The van der Waals surface area contributed by atoms with E-state index in [1.165, 1.54) is 12.3 Å². The molecule has 2 heterocycles. The summed E-state index contributed by atoms with van der Waals surface area (Å²) in [4.78, 5) is 4.52. The van der Waals surface area contributed by atoms with E-state index in [4.69, 9.17) is 5.41 Å². The summed E-state index contributed by atoms with van der Waals surface area (Å²) in [5, 5.41) is 20.9. The summed E-state index contributed by atoms with van der Waals surface area (Å²) >= 11 is 0. The molecule has 0 unspecified atom stereocenters. The summed E-state index contributed by atoms with van der Waals surface area (Å²) in [5.74, 6) is 1.80. The van der Waals surface area contributed by atoms with E-state index >= 15 is 0 Å². The first-order chi connectivity index (χ1) is 14.0. The van der Waals surface area contributed by atoms with Gasteiger partial charge >= 0.3 is 0 Å². The normalized spacial score (nSPS) is 14.6. The van der Waals surface area contributed by atoms with Gasteiger partial charge in [-0.1, -0.05) is 32.6 Å². The molecule has 1 aromatic heterocycles. The van der Waals surface area contributed by atoms with Crippen molar-refractivity contribution in [3.8, 4) is 0 Å². The minimum Gasteiger partial charge on any atom is -0.369 e. The van der Waals surface area contributed by atoms with Gasteiger partial charge in [0.15, 0.2) is 0 Å². The Labute approximate surface area is 171 Å². The van der Waals surface area contributed by atoms with E-state index in [1.54, 1.807) is 18.2 Å². The summed E-state index contributed by atoms with van der Waals surface area (Å²) in [5.41, 5.74) is 0.815. The number of hydrogen-bond acceptors (Lipinski definition) is 6. The number of piperidine rings is 1. The molecule has 0 aliphatic carbocycles. The molecule has 1 saturated heterocycles. The third-order valence-corrected chi connectivity index (χ3v) is 4.79. The second-order valence-corrected chi connectivity index (χ2v) is 7.70. The lowest BCUT2D eigenvalue weighted by Crippen LogP contribution is -2.40. The second-order valence-electron chi connectivity index (χ2n) is 7.70. The van der Waals surface area contributed by atoms with Gasteiger partial charge in [-0.3, -0.25) is 4.57 Å². The molecular weight excluding hydrogens is 369 g/mol. The largest absolute Gasteiger partial charge is 0.369 e. The van der Waals surface area contributed by atoms with Crippen LogP contribution in [0, 0.1) is 17.1 Å². The highest BCUT2D eigenvalue weighted by molar-refractivity contribution is 5.84. The monoisotopic (exact) mass is 399 g/mol. The van der Waals surface area contributed by atoms with Gasteiger partial charge in [-0.2, -0.15) is 0 Å². The lowest BCUT2D eigenvalue weighted by atomic mass is 10.1. The predicted octanol–water partition coefficient (Wildman–Crippen LogP) is 3.64. The number of rotatable bonds is 9. The lowest BCUT2D eigenvalue weighted by molar-refractivity contribution is 0.413. The molecule has 1 aliphatic rings. The molecule has 156 valence electrons. The Balaban J connectivity index is 1.86. The molecule has 2 aromatic rings. The van der Waals surface area contributed by atoms with Gasteiger partial charge in [0.2, 0.25) is 5.95 Å². The van der Waals surface area contributed by atoms with Crippen LogP contribution in [0.5, 0.6) is 0 Å². The van der Waals surface area contributed by atoms with Crippen LogP contribution in [0.4, 0.5) is 21.8 Å². The lowest BCUT2D eigenvalue weighted by Gasteiger charge is -2.26. The number of halogens is 1. The highest BCUT2D eigenvalue weighted by atomic mass is 19.1. The SMILES string of the molecule is C=C(Nc1c(C=N)nc(Nc2ccccc2F)n1CC(C)C)NC1CCNCC1. The van der Waals surface area contributed by atoms with Crippen molar-refractivity contribution in [1.82, 2.24) is 20.2 Å². The van der Waals surface area contributed by atoms with Gasteiger partial charge in [-0.15, -0.1) is 0 Å². The molecule has 1 aromatic carbocycles. The van der Waals surface area contributed by atoms with E-state index in [2.05, 4.69) is 46.7 Å². The van der Waals surface area contributed by atoms with Crippen LogP contribution in [0.3, 0.4) is 0 Å². The van der Waals surface area contributed by atoms with Crippen LogP contribution >= 0.6 is 0 Å². The number of anilines is 3. The molecule has 5 N–H and O–H groups in total. The third kappa shape index (κ3) is 5.35. The van der Waals surface area contributed by atoms with Crippen LogP contribution in [-0.2, 0) is 6.54 Å². The van der Waals surface area contributed by atoms with Crippen molar-refractivity contribution in [3.05, 3.63) is 48.2 Å². The maximum atomic E-state index is 14.1. The molecular formula is C21H30FN7. The number of nitrogens with zero attached hydrogens (tertiary/aromatic N) is 2. The summed E-state index contributed by atoms with van der Waals surface area (Å²) < 4.78 is 16.1. The minimum absolute atomic E-state index is 0.329. The summed E-state index contributed by atoms with van der Waals surface area (Å²) in [6.07, 6.45) is 3.26. The molecule has 0 saturated carbocycles. The zero-order chi connectivity index (χ0) is 20.8. The first-order valence-electron chi connectivity index (χ1n) is 10.0. The highest BCUT2D eigenvalue weighted by Crippen LogP contribution is 2.27. The van der Waals surface area contributed by atoms with Crippen molar-refractivity contribution in [2.45, 2.75) is 39.3 Å². The van der Waals surface area contributed by atoms with Crippen molar-refractivity contribution in [2.75, 3.05) is 23.7 Å². The van der Waals surface area contributed by atoms with E-state index in [0.717, 1.165) is 25.9 Å². The molecule has 7 nitrogen and oxygen atoms in total. The molecule has 3 rings (SSSR count). The van der Waals surface area contributed by atoms with E-state index in [0.29, 0.717) is 47.5 Å². The van der Waals surface area contributed by atoms with Crippen molar-refractivity contribution in [1.29, 1.82) is 5.41 Å². The average Bonchev–Trinajstić information content (AvgIpc) is 3.00. The second kappa shape index (κ2) is 9.56. The Morgan fingerprint density at radius 3 is 2.76 bits per heavy atom. The van der Waals surface area contributed by atoms with Gasteiger partial charge in [0, 0.05) is 18.8 Å². The smallest absolute Gasteiger partial charge is 0.209 e. The first kappa shape index (κ1) is 20.9. The van der Waals surface area contributed by atoms with Gasteiger partial charge in [0.25, 0.3) is 0 Å². The van der Waals surface area contributed by atoms with Gasteiger partial charge in [0.05, 0.1) is 11.5 Å². The summed E-state index contributed by atoms with van der Waals surface area (Å²) in [6, 6.07) is 6.84. The standard InChI is InChI=1S/C21H30FN7/c1-14(2)13-29-20(26-15(3)25-16-8-10-24-11-9-16)19(12-23)28-21(29)27-18-7-5-4-6-17(18)22/h4-7,12,14,16,23-26H,3,8-11,13H2,1-2H3,(H,27,28). The van der Waals surface area contributed by atoms with Gasteiger partial charge in [-0.05, 0) is 44.0 Å². The van der Waals surface area contributed by atoms with Crippen molar-refractivity contribution < 1.29 is 4.39 Å². The maximum absolute atomic E-state index is 14.1. The number of para-hydroxylation sites is 1. The highest BCUT2D eigenvalue weighted by Gasteiger charge is 2.20. The van der Waals surface area contributed by atoms with Crippen molar-refractivity contribution in [2.24, 2.45) is 5.92 Å². The number of imidazole rings is 1. The van der Waals surface area contributed by atoms with Crippen LogP contribution in [0.15, 0.2) is 36.7 Å². The molecule has 1 fully saturated rings. The number of aromatic nitrogens is 2. The van der Waals surface area contributed by atoms with E-state index in [9.17, 15) is 4.39 Å². The maximum Gasteiger partial charge on any atom is 0.209 e. The molecule has 0 atom stereocenters. The van der Waals surface area contributed by atoms with Crippen LogP contribution in [0.2, 0.25) is 0 Å². The van der Waals surface area contributed by atoms with Gasteiger partial charge in [0.1, 0.15) is 17.3 Å². The average molecular weight is 400 g/mol. The zero-order valence-electron chi connectivity index (χ0n) is 17.1. The molecule has 8 heteroatoms. The van der Waals surface area contributed by atoms with Crippen molar-refractivity contribution >= 4 is 23.7 Å². The van der Waals surface area contributed by atoms with Crippen LogP contribution < -0.4 is 21.3 Å². The Hall–Kier alpha value is -2.87. The molecule has 0 amide bonds. The minimum atomic E-state index is -0.352. The Morgan fingerprint density at radius 2 is 2.10 bits per heavy atom. The fourth-order valence-corrected chi connectivity index (χ4v) is 3.42. The molecule has 0 spiro atoms. The Morgan fingerprint density at radius 1 is 1.38 bits per heavy atom. The van der Waals surface area contributed by atoms with Crippen LogP contribution in [0.1, 0.15) is 32.4 Å². The van der Waals surface area contributed by atoms with Crippen LogP contribution in [-0.4, -0.2) is 34.9 Å². The Kier molecular flexibility index (Phi) is 6.87. The molecule has 0 radical (unpaired) electrons. The van der Waals surface area contributed by atoms with Gasteiger partial charge in [-0.25, -0.2) is 9.37 Å². The van der Waals surface area contributed by atoms with Crippen molar-refractivity contribution in [3.63, 3.8) is 0 Å². The number of benzene rings is 1. The summed E-state index contributed by atoms with van der Waals surface area (Å²) in [6.45, 7) is 10.9. The van der Waals surface area contributed by atoms with E-state index < -0.39 is 0 Å². The predicted molar refractivity (Wildman–Crippen MR) is 116 cm³/mol. The fraction of sp³-hybridized carbons (Fsp3) is 0.429. The first-order valence-corrected chi connectivity index (χ1v) is 10.0. The quantitative estimate of drug-likeness (QED) is 0.415. The molecule has 1 aliphatic heterocycles. The molecule has 29 heavy (non-hydrogen) atoms. The fourth-order valence-electron chi connectivity index (χ4n) is 3.42. The topological polar surface area (TPSA) is 89.8 Å². The van der Waals surface area contributed by atoms with Crippen LogP contribution in [0.25, 0.3) is 0 Å². The van der Waals surface area contributed by atoms with E-state index in [1.807, 2.05) is 4.57 Å². The molecule has 0 bridgehead atoms. The Bertz CT molecular complexity index is 853. The van der Waals surface area contributed by atoms with E-state index in [-0.39, 0.29) is 5.82 Å².